The maximum Gasteiger partial charge on any atom is 0.234 e. The van der Waals surface area contributed by atoms with Crippen molar-refractivity contribution in [2.75, 3.05) is 61.3 Å². The number of hydrogen-bond donors (Lipinski definition) is 1. The molecule has 1 aliphatic rings. The Bertz CT molecular complexity index is 1050. The van der Waals surface area contributed by atoms with E-state index in [1.54, 1.807) is 14.2 Å². The smallest absolute Gasteiger partial charge is 0.234 e. The van der Waals surface area contributed by atoms with Gasteiger partial charge in [0.1, 0.15) is 16.5 Å². The van der Waals surface area contributed by atoms with Crippen molar-refractivity contribution < 1.29 is 14.3 Å². The molecule has 2 heterocycles. The molecule has 0 unspecified atom stereocenters. The van der Waals surface area contributed by atoms with E-state index in [2.05, 4.69) is 31.4 Å². The quantitative estimate of drug-likeness (QED) is 0.506. The number of thioether (sulfide) groups is 1. The molecule has 172 valence electrons. The number of aromatic nitrogens is 2. The number of hydrogen-bond acceptors (Lipinski definition) is 8. The monoisotopic (exact) mass is 465 g/mol. The zero-order chi connectivity index (χ0) is 23.0. The topological polar surface area (TPSA) is 79.8 Å². The zero-order valence-corrected chi connectivity index (χ0v) is 19.5. The molecular weight excluding hydrogens is 438 g/mol. The fourth-order valence-electron chi connectivity index (χ4n) is 3.64. The van der Waals surface area contributed by atoms with Crippen molar-refractivity contribution in [3.63, 3.8) is 0 Å². The number of anilines is 3. The van der Waals surface area contributed by atoms with Gasteiger partial charge in [-0.15, -0.1) is 10.2 Å². The van der Waals surface area contributed by atoms with Crippen LogP contribution >= 0.6 is 11.8 Å². The molecule has 1 aliphatic heterocycles. The Morgan fingerprint density at radius 3 is 2.30 bits per heavy atom. The Hall–Kier alpha value is -3.46. The molecule has 33 heavy (non-hydrogen) atoms. The van der Waals surface area contributed by atoms with E-state index in [1.165, 1.54) is 11.8 Å². The number of benzene rings is 2. The van der Waals surface area contributed by atoms with Crippen LogP contribution < -0.4 is 24.6 Å². The lowest BCUT2D eigenvalue weighted by atomic mass is 10.2. The van der Waals surface area contributed by atoms with Gasteiger partial charge in [-0.1, -0.05) is 23.9 Å². The summed E-state index contributed by atoms with van der Waals surface area (Å²) < 4.78 is 10.6. The number of nitrogens with zero attached hydrogens (tertiary/aromatic N) is 4. The molecule has 3 aromatic rings. The molecule has 0 bridgehead atoms. The maximum absolute atomic E-state index is 12.2. The average Bonchev–Trinajstić information content (AvgIpc) is 2.88. The van der Waals surface area contributed by atoms with Crippen LogP contribution in [-0.2, 0) is 4.79 Å². The second kappa shape index (κ2) is 10.9. The van der Waals surface area contributed by atoms with Gasteiger partial charge in [-0.3, -0.25) is 4.79 Å². The van der Waals surface area contributed by atoms with E-state index in [4.69, 9.17) is 9.47 Å². The minimum Gasteiger partial charge on any atom is -0.497 e. The Labute approximate surface area is 197 Å². The second-order valence-electron chi connectivity index (χ2n) is 7.44. The minimum atomic E-state index is -0.0940. The normalized spacial score (nSPS) is 13.5. The van der Waals surface area contributed by atoms with Gasteiger partial charge in [0, 0.05) is 31.9 Å². The summed E-state index contributed by atoms with van der Waals surface area (Å²) in [6.07, 6.45) is 0. The summed E-state index contributed by atoms with van der Waals surface area (Å²) in [5.74, 6) is 2.66. The molecule has 8 nitrogen and oxygen atoms in total. The average molecular weight is 466 g/mol. The van der Waals surface area contributed by atoms with Gasteiger partial charge in [0.25, 0.3) is 0 Å². The third-order valence-corrected chi connectivity index (χ3v) is 6.30. The van der Waals surface area contributed by atoms with Crippen molar-refractivity contribution in [3.8, 4) is 11.5 Å². The highest BCUT2D eigenvalue weighted by atomic mass is 32.2. The predicted octanol–water partition coefficient (Wildman–Crippen LogP) is 3.55. The van der Waals surface area contributed by atoms with Crippen molar-refractivity contribution in [2.45, 2.75) is 5.03 Å². The predicted molar refractivity (Wildman–Crippen MR) is 132 cm³/mol. The van der Waals surface area contributed by atoms with Crippen molar-refractivity contribution in [1.82, 2.24) is 10.2 Å². The zero-order valence-electron chi connectivity index (χ0n) is 18.7. The van der Waals surface area contributed by atoms with E-state index < -0.39 is 0 Å². The second-order valence-corrected chi connectivity index (χ2v) is 8.44. The standard InChI is InChI=1S/C24H27N5O3S/c1-31-19-9-7-18(8-10-19)25-23(30)17-33-24-12-11-22(26-27-24)29-15-13-28(14-16-29)20-5-3-4-6-21(20)32-2/h3-12H,13-17H2,1-2H3,(H,25,30). The largest absolute Gasteiger partial charge is 0.497 e. The third kappa shape index (κ3) is 5.87. The van der Waals surface area contributed by atoms with E-state index >= 15 is 0 Å². The summed E-state index contributed by atoms with van der Waals surface area (Å²) in [6.45, 7) is 3.46. The summed E-state index contributed by atoms with van der Waals surface area (Å²) in [5.41, 5.74) is 1.85. The lowest BCUT2D eigenvalue weighted by molar-refractivity contribution is -0.113. The molecule has 4 rings (SSSR count). The summed E-state index contributed by atoms with van der Waals surface area (Å²) >= 11 is 1.36. The van der Waals surface area contributed by atoms with Crippen LogP contribution in [0.15, 0.2) is 65.7 Å². The first kappa shape index (κ1) is 22.7. The Morgan fingerprint density at radius 2 is 1.64 bits per heavy atom. The SMILES string of the molecule is COc1ccc(NC(=O)CSc2ccc(N3CCN(c4ccccc4OC)CC3)nn2)cc1. The van der Waals surface area contributed by atoms with Crippen LogP contribution in [0.4, 0.5) is 17.2 Å². The highest BCUT2D eigenvalue weighted by Gasteiger charge is 2.20. The number of ether oxygens (including phenoxy) is 2. The van der Waals surface area contributed by atoms with E-state index in [9.17, 15) is 4.79 Å². The first-order chi connectivity index (χ1) is 16.2. The molecule has 1 fully saturated rings. The van der Waals surface area contributed by atoms with Crippen LogP contribution in [0, 0.1) is 0 Å². The fourth-order valence-corrected chi connectivity index (χ4v) is 4.25. The molecule has 1 amide bonds. The Balaban J connectivity index is 1.26. The molecule has 0 saturated carbocycles. The highest BCUT2D eigenvalue weighted by molar-refractivity contribution is 7.99. The lowest BCUT2D eigenvalue weighted by Crippen LogP contribution is -2.47. The van der Waals surface area contributed by atoms with Gasteiger partial charge in [-0.25, -0.2) is 0 Å². The van der Waals surface area contributed by atoms with Crippen LogP contribution in [0.1, 0.15) is 0 Å². The number of carbonyl (C=O) groups is 1. The Morgan fingerprint density at radius 1 is 0.909 bits per heavy atom. The van der Waals surface area contributed by atoms with Gasteiger partial charge in [-0.2, -0.15) is 0 Å². The fraction of sp³-hybridized carbons (Fsp3) is 0.292. The van der Waals surface area contributed by atoms with Crippen LogP contribution in [-0.4, -0.2) is 62.3 Å². The van der Waals surface area contributed by atoms with E-state index in [-0.39, 0.29) is 11.7 Å². The number of rotatable bonds is 8. The molecular formula is C24H27N5O3S. The van der Waals surface area contributed by atoms with E-state index in [0.717, 1.165) is 59.9 Å². The number of methoxy groups -OCH3 is 2. The van der Waals surface area contributed by atoms with E-state index in [0.29, 0.717) is 0 Å². The molecule has 1 aromatic heterocycles. The van der Waals surface area contributed by atoms with Crippen molar-refractivity contribution in [1.29, 1.82) is 0 Å². The number of nitrogens with one attached hydrogen (secondary N) is 1. The number of para-hydroxylation sites is 2. The molecule has 9 heteroatoms. The molecule has 1 saturated heterocycles. The summed E-state index contributed by atoms with van der Waals surface area (Å²) in [6, 6.07) is 19.2. The maximum atomic E-state index is 12.2. The van der Waals surface area contributed by atoms with Gasteiger partial charge >= 0.3 is 0 Å². The van der Waals surface area contributed by atoms with Crippen molar-refractivity contribution >= 4 is 34.9 Å². The van der Waals surface area contributed by atoms with E-state index in [1.807, 2.05) is 54.6 Å². The first-order valence-electron chi connectivity index (χ1n) is 10.7. The van der Waals surface area contributed by atoms with Crippen molar-refractivity contribution in [3.05, 3.63) is 60.7 Å². The Kier molecular flexibility index (Phi) is 7.51. The minimum absolute atomic E-state index is 0.0940. The van der Waals surface area contributed by atoms with Crippen LogP contribution in [0.5, 0.6) is 11.5 Å². The molecule has 0 atom stereocenters. The third-order valence-electron chi connectivity index (χ3n) is 5.38. The van der Waals surface area contributed by atoms with Gasteiger partial charge < -0.3 is 24.6 Å². The molecule has 1 N–H and O–H groups in total. The van der Waals surface area contributed by atoms with Gasteiger partial charge in [0.05, 0.1) is 25.7 Å². The summed E-state index contributed by atoms with van der Waals surface area (Å²) in [5, 5.41) is 12.3. The highest BCUT2D eigenvalue weighted by Crippen LogP contribution is 2.29. The number of carbonyl (C=O) groups excluding carboxylic acids is 1. The molecule has 0 aliphatic carbocycles. The number of piperazine rings is 1. The molecule has 0 radical (unpaired) electrons. The molecule has 2 aromatic carbocycles. The summed E-state index contributed by atoms with van der Waals surface area (Å²) in [4.78, 5) is 16.8. The number of amides is 1. The van der Waals surface area contributed by atoms with Gasteiger partial charge in [0.2, 0.25) is 5.91 Å². The van der Waals surface area contributed by atoms with Crippen LogP contribution in [0.2, 0.25) is 0 Å². The van der Waals surface area contributed by atoms with Crippen molar-refractivity contribution in [2.24, 2.45) is 0 Å². The first-order valence-corrected chi connectivity index (χ1v) is 11.7. The van der Waals surface area contributed by atoms with Gasteiger partial charge in [0.15, 0.2) is 5.82 Å². The van der Waals surface area contributed by atoms with Crippen LogP contribution in [0.3, 0.4) is 0 Å². The molecule has 0 spiro atoms. The summed E-state index contributed by atoms with van der Waals surface area (Å²) in [7, 11) is 3.31. The van der Waals surface area contributed by atoms with Gasteiger partial charge in [-0.05, 0) is 48.5 Å². The lowest BCUT2D eigenvalue weighted by Gasteiger charge is -2.37. The van der Waals surface area contributed by atoms with Crippen LogP contribution in [0.25, 0.3) is 0 Å².